The molecule has 0 spiro atoms. The molecule has 0 rings (SSSR count). The van der Waals surface area contributed by atoms with Crippen molar-refractivity contribution >= 4 is 12.2 Å². The van der Waals surface area contributed by atoms with Crippen molar-refractivity contribution in [2.45, 2.75) is 32.9 Å². The second-order valence-corrected chi connectivity index (χ2v) is 3.12. The second-order valence-electron chi connectivity index (χ2n) is 3.12. The van der Waals surface area contributed by atoms with Crippen molar-refractivity contribution in [3.63, 3.8) is 0 Å². The van der Waals surface area contributed by atoms with Gasteiger partial charge in [-0.15, -0.1) is 0 Å². The monoisotopic (exact) mass is 171 g/mol. The maximum atomic E-state index is 11.1. The Balaban J connectivity index is 3.95. The number of nitrogens with one attached hydrogen (secondary N) is 1. The van der Waals surface area contributed by atoms with Crippen LogP contribution in [-0.4, -0.2) is 24.3 Å². The van der Waals surface area contributed by atoms with Crippen LogP contribution in [0.2, 0.25) is 0 Å². The highest BCUT2D eigenvalue weighted by Crippen LogP contribution is 1.97. The highest BCUT2D eigenvalue weighted by atomic mass is 16.2. The number of carbonyl (C=O) groups is 1. The Kier molecular flexibility index (Phi) is 4.51. The number of amides is 1. The van der Waals surface area contributed by atoms with Crippen LogP contribution in [0.4, 0.5) is 0 Å². The summed E-state index contributed by atoms with van der Waals surface area (Å²) in [4.78, 5) is 21.2. The van der Waals surface area contributed by atoms with Crippen LogP contribution in [0.1, 0.15) is 20.8 Å². The summed E-state index contributed by atoms with van der Waals surface area (Å²) < 4.78 is 0. The Morgan fingerprint density at radius 1 is 1.42 bits per heavy atom. The zero-order valence-corrected chi connectivity index (χ0v) is 7.63. The lowest BCUT2D eigenvalue weighted by Crippen LogP contribution is -2.47. The first-order chi connectivity index (χ1) is 5.49. The Morgan fingerprint density at radius 2 is 1.92 bits per heavy atom. The van der Waals surface area contributed by atoms with Crippen molar-refractivity contribution in [3.8, 4) is 0 Å². The molecule has 0 saturated carbocycles. The van der Waals surface area contributed by atoms with Gasteiger partial charge < -0.3 is 11.1 Å². The molecule has 4 heteroatoms. The summed E-state index contributed by atoms with van der Waals surface area (Å²) in [5.74, 6) is -0.232. The van der Waals surface area contributed by atoms with Crippen molar-refractivity contribution < 1.29 is 9.59 Å². The molecule has 1 radical (unpaired) electrons. The predicted molar refractivity (Wildman–Crippen MR) is 46.1 cm³/mol. The molecule has 0 heterocycles. The van der Waals surface area contributed by atoms with Gasteiger partial charge in [-0.2, -0.15) is 0 Å². The van der Waals surface area contributed by atoms with Crippen LogP contribution in [0.3, 0.4) is 0 Å². The smallest absolute Gasteiger partial charge is 0.237 e. The molecule has 1 amide bonds. The van der Waals surface area contributed by atoms with Gasteiger partial charge in [0.2, 0.25) is 12.2 Å². The van der Waals surface area contributed by atoms with Crippen LogP contribution in [-0.2, 0) is 9.59 Å². The van der Waals surface area contributed by atoms with E-state index in [9.17, 15) is 9.59 Å². The number of hydrogen-bond donors (Lipinski definition) is 2. The lowest BCUT2D eigenvalue weighted by atomic mass is 10.0. The summed E-state index contributed by atoms with van der Waals surface area (Å²) in [7, 11) is 0. The van der Waals surface area contributed by atoms with E-state index < -0.39 is 12.1 Å². The van der Waals surface area contributed by atoms with Crippen LogP contribution in [0.5, 0.6) is 0 Å². The number of nitrogens with two attached hydrogens (primary N) is 1. The van der Waals surface area contributed by atoms with Gasteiger partial charge in [0.1, 0.15) is 0 Å². The first kappa shape index (κ1) is 11.1. The van der Waals surface area contributed by atoms with Crippen LogP contribution in [0.15, 0.2) is 0 Å². The minimum atomic E-state index is -0.581. The van der Waals surface area contributed by atoms with Crippen molar-refractivity contribution in [2.24, 2.45) is 11.7 Å². The molecule has 0 aliphatic carbocycles. The molecule has 0 bridgehead atoms. The Bertz CT molecular complexity index is 168. The van der Waals surface area contributed by atoms with E-state index in [1.165, 1.54) is 0 Å². The molecule has 0 aromatic heterocycles. The Labute approximate surface area is 72.5 Å². The summed E-state index contributed by atoms with van der Waals surface area (Å²) in [5, 5.41) is 2.42. The minimum Gasteiger partial charge on any atom is -0.345 e. The lowest BCUT2D eigenvalue weighted by molar-refractivity contribution is -0.123. The molecule has 69 valence electrons. The zero-order chi connectivity index (χ0) is 9.72. The lowest BCUT2D eigenvalue weighted by Gasteiger charge is -2.16. The summed E-state index contributed by atoms with van der Waals surface area (Å²) in [5.41, 5.74) is 5.52. The third-order valence-electron chi connectivity index (χ3n) is 1.56. The van der Waals surface area contributed by atoms with Gasteiger partial charge in [0, 0.05) is 0 Å². The maximum absolute atomic E-state index is 11.1. The maximum Gasteiger partial charge on any atom is 0.237 e. The molecule has 2 unspecified atom stereocenters. The fraction of sp³-hybridized carbons (Fsp3) is 0.750. The van der Waals surface area contributed by atoms with E-state index in [1.54, 1.807) is 13.2 Å². The molecule has 0 aliphatic heterocycles. The van der Waals surface area contributed by atoms with Crippen molar-refractivity contribution in [3.05, 3.63) is 0 Å². The molecule has 0 aromatic carbocycles. The van der Waals surface area contributed by atoms with E-state index in [1.807, 2.05) is 13.8 Å². The van der Waals surface area contributed by atoms with Crippen molar-refractivity contribution in [1.29, 1.82) is 0 Å². The second kappa shape index (κ2) is 4.87. The summed E-state index contributed by atoms with van der Waals surface area (Å²) in [6, 6.07) is -1.14. The van der Waals surface area contributed by atoms with E-state index in [0.29, 0.717) is 0 Å². The molecule has 4 nitrogen and oxygen atoms in total. The van der Waals surface area contributed by atoms with E-state index in [0.717, 1.165) is 0 Å². The van der Waals surface area contributed by atoms with Gasteiger partial charge in [0.05, 0.1) is 12.1 Å². The molecule has 3 N–H and O–H groups in total. The highest BCUT2D eigenvalue weighted by Gasteiger charge is 2.18. The molecular formula is C8H15N2O2. The first-order valence-corrected chi connectivity index (χ1v) is 3.92. The highest BCUT2D eigenvalue weighted by molar-refractivity contribution is 5.84. The first-order valence-electron chi connectivity index (χ1n) is 3.92. The third-order valence-corrected chi connectivity index (χ3v) is 1.56. The number of hydrogen-bond acceptors (Lipinski definition) is 3. The van der Waals surface area contributed by atoms with Crippen molar-refractivity contribution in [2.75, 3.05) is 0 Å². The van der Waals surface area contributed by atoms with Gasteiger partial charge in [0.25, 0.3) is 0 Å². The SMILES string of the molecule is CC([C]=O)NC(=O)C(N)C(C)C. The fourth-order valence-corrected chi connectivity index (χ4v) is 0.642. The zero-order valence-electron chi connectivity index (χ0n) is 7.63. The van der Waals surface area contributed by atoms with Crippen molar-refractivity contribution in [1.82, 2.24) is 5.32 Å². The largest absolute Gasteiger partial charge is 0.345 e. The van der Waals surface area contributed by atoms with Gasteiger partial charge >= 0.3 is 0 Å². The standard InChI is InChI=1S/C8H15N2O2/c1-5(2)7(9)8(12)10-6(3)4-11/h5-7H,9H2,1-3H3,(H,10,12). The molecule has 0 aromatic rings. The molecule has 0 fully saturated rings. The topological polar surface area (TPSA) is 72.2 Å². The summed E-state index contributed by atoms with van der Waals surface area (Å²) in [6.45, 7) is 5.25. The number of rotatable bonds is 4. The van der Waals surface area contributed by atoms with E-state index >= 15 is 0 Å². The quantitative estimate of drug-likeness (QED) is 0.603. The van der Waals surface area contributed by atoms with Crippen LogP contribution >= 0.6 is 0 Å². The van der Waals surface area contributed by atoms with Gasteiger partial charge in [-0.25, -0.2) is 0 Å². The molecular weight excluding hydrogens is 156 g/mol. The molecule has 0 aliphatic rings. The normalized spacial score (nSPS) is 15.4. The summed E-state index contributed by atoms with van der Waals surface area (Å²) in [6.07, 6.45) is 1.65. The van der Waals surface area contributed by atoms with Gasteiger partial charge in [-0.3, -0.25) is 9.59 Å². The average molecular weight is 171 g/mol. The number of carbonyl (C=O) groups excluding carboxylic acids is 2. The average Bonchev–Trinajstić information content (AvgIpc) is 2.02. The van der Waals surface area contributed by atoms with Gasteiger partial charge in [0.15, 0.2) is 0 Å². The predicted octanol–water partition coefficient (Wildman–Crippen LogP) is -0.416. The van der Waals surface area contributed by atoms with Gasteiger partial charge in [-0.1, -0.05) is 13.8 Å². The Morgan fingerprint density at radius 3 is 2.25 bits per heavy atom. The fourth-order valence-electron chi connectivity index (χ4n) is 0.642. The molecule has 2 atom stereocenters. The van der Waals surface area contributed by atoms with E-state index in [4.69, 9.17) is 5.73 Å². The molecule has 12 heavy (non-hydrogen) atoms. The van der Waals surface area contributed by atoms with E-state index in [-0.39, 0.29) is 11.8 Å². The van der Waals surface area contributed by atoms with Crippen LogP contribution in [0.25, 0.3) is 0 Å². The van der Waals surface area contributed by atoms with Gasteiger partial charge in [-0.05, 0) is 12.8 Å². The van der Waals surface area contributed by atoms with E-state index in [2.05, 4.69) is 5.32 Å². The van der Waals surface area contributed by atoms with Crippen LogP contribution < -0.4 is 11.1 Å². The molecule has 0 saturated heterocycles. The summed E-state index contributed by atoms with van der Waals surface area (Å²) >= 11 is 0. The Hall–Kier alpha value is -0.900. The minimum absolute atomic E-state index is 0.0730. The third kappa shape index (κ3) is 3.48. The van der Waals surface area contributed by atoms with Crippen LogP contribution in [0, 0.1) is 5.92 Å².